The monoisotopic (exact) mass is 358 g/mol. The third kappa shape index (κ3) is 1.84. The number of hydrogen-bond acceptors (Lipinski definition) is 0. The molecule has 0 aliphatic carbocycles. The Morgan fingerprint density at radius 1 is 1.00 bits per heavy atom. The number of rotatable bonds is 1. The topological polar surface area (TPSA) is 9.34 Å². The van der Waals surface area contributed by atoms with E-state index in [1.807, 2.05) is 6.07 Å². The number of halogens is 2. The fraction of sp³-hybridized carbons (Fsp3) is 0.0588. The molecule has 0 fully saturated rings. The Balaban J connectivity index is 2.21. The van der Waals surface area contributed by atoms with Crippen molar-refractivity contribution in [3.05, 3.63) is 69.8 Å². The minimum atomic E-state index is 0.727. The summed E-state index contributed by atoms with van der Waals surface area (Å²) in [5, 5.41) is 0.727. The number of para-hydroxylation sites is 2. The Kier molecular flexibility index (Phi) is 2.88. The fourth-order valence-electron chi connectivity index (χ4n) is 2.86. The molecule has 0 spiro atoms. The van der Waals surface area contributed by atoms with Crippen LogP contribution in [0.5, 0.6) is 0 Å². The van der Waals surface area contributed by atoms with Crippen molar-refractivity contribution in [2.75, 3.05) is 0 Å². The largest absolute Gasteiger partial charge is 0.301 e. The van der Waals surface area contributed by atoms with Crippen molar-refractivity contribution in [2.24, 2.45) is 0 Å². The van der Waals surface area contributed by atoms with Gasteiger partial charge < -0.3 is 4.40 Å². The van der Waals surface area contributed by atoms with Crippen LogP contribution < -0.4 is 0 Å². The van der Waals surface area contributed by atoms with Crippen LogP contribution in [0, 0.1) is 6.92 Å². The van der Waals surface area contributed by atoms with Crippen LogP contribution in [-0.4, -0.2) is 8.97 Å². The third-order valence-corrected chi connectivity index (χ3v) is 4.98. The van der Waals surface area contributed by atoms with Gasteiger partial charge in [0.05, 0.1) is 21.7 Å². The highest BCUT2D eigenvalue weighted by atomic mass is 79.9. The van der Waals surface area contributed by atoms with Gasteiger partial charge in [0.2, 0.25) is 0 Å². The maximum atomic E-state index is 6.55. The molecule has 2 aromatic heterocycles. The average Bonchev–Trinajstić information content (AvgIpc) is 3.03. The third-order valence-electron chi connectivity index (χ3n) is 3.73. The highest BCUT2D eigenvalue weighted by Gasteiger charge is 2.15. The molecular weight excluding hydrogens is 348 g/mol. The highest BCUT2D eigenvalue weighted by Crippen LogP contribution is 2.34. The molecule has 4 rings (SSSR count). The van der Waals surface area contributed by atoms with Crippen LogP contribution in [0.1, 0.15) is 5.56 Å². The van der Waals surface area contributed by atoms with Crippen molar-refractivity contribution in [1.29, 1.82) is 0 Å². The molecule has 0 aliphatic heterocycles. The molecule has 4 aromatic rings. The molecule has 0 atom stereocenters. The van der Waals surface area contributed by atoms with Gasteiger partial charge in [0.25, 0.3) is 0 Å². The zero-order valence-corrected chi connectivity index (χ0v) is 13.7. The van der Waals surface area contributed by atoms with Gasteiger partial charge in [-0.3, -0.25) is 4.57 Å². The van der Waals surface area contributed by atoms with E-state index in [4.69, 9.17) is 11.6 Å². The van der Waals surface area contributed by atoms with Crippen LogP contribution in [-0.2, 0) is 0 Å². The van der Waals surface area contributed by atoms with E-state index in [1.54, 1.807) is 0 Å². The second-order valence-corrected chi connectivity index (χ2v) is 6.37. The molecule has 2 aromatic carbocycles. The molecule has 4 heteroatoms. The molecule has 0 saturated carbocycles. The number of fused-ring (bicyclic) bond motifs is 3. The molecule has 0 amide bonds. The van der Waals surface area contributed by atoms with Crippen molar-refractivity contribution < 1.29 is 0 Å². The maximum absolute atomic E-state index is 6.55. The standard InChI is InChI=1S/C17H12BrClN2/c1-11-9-12(18)17(19)15(10-11)21-14-6-3-2-5-13(14)20-8-4-7-16(20)21/h2-10H,1H3. The van der Waals surface area contributed by atoms with Crippen LogP contribution >= 0.6 is 27.5 Å². The summed E-state index contributed by atoms with van der Waals surface area (Å²) in [5.74, 6) is 0. The zero-order chi connectivity index (χ0) is 14.6. The Morgan fingerprint density at radius 3 is 2.57 bits per heavy atom. The van der Waals surface area contributed by atoms with Gasteiger partial charge in [-0.1, -0.05) is 23.7 Å². The maximum Gasteiger partial charge on any atom is 0.122 e. The van der Waals surface area contributed by atoms with Crippen LogP contribution in [0.15, 0.2) is 59.2 Å². The van der Waals surface area contributed by atoms with Crippen molar-refractivity contribution in [2.45, 2.75) is 6.92 Å². The molecule has 104 valence electrons. The molecule has 0 aliphatic rings. The lowest BCUT2D eigenvalue weighted by atomic mass is 10.2. The molecule has 2 nitrogen and oxygen atoms in total. The van der Waals surface area contributed by atoms with E-state index in [1.165, 1.54) is 11.1 Å². The lowest BCUT2D eigenvalue weighted by Gasteiger charge is -2.11. The lowest BCUT2D eigenvalue weighted by Crippen LogP contribution is -1.96. The second kappa shape index (κ2) is 4.65. The Labute approximate surface area is 135 Å². The molecule has 0 bridgehead atoms. The summed E-state index contributed by atoms with van der Waals surface area (Å²) in [6, 6.07) is 16.7. The first kappa shape index (κ1) is 13.0. The molecule has 2 heterocycles. The molecule has 0 saturated heterocycles. The predicted octanol–water partition coefficient (Wildman–Crippen LogP) is 5.61. The summed E-state index contributed by atoms with van der Waals surface area (Å²) in [5.41, 5.74) is 5.59. The number of nitrogens with zero attached hydrogens (tertiary/aromatic N) is 2. The van der Waals surface area contributed by atoms with E-state index in [9.17, 15) is 0 Å². The van der Waals surface area contributed by atoms with E-state index >= 15 is 0 Å². The van der Waals surface area contributed by atoms with Gasteiger partial charge >= 0.3 is 0 Å². The van der Waals surface area contributed by atoms with Crippen LogP contribution in [0.4, 0.5) is 0 Å². The Morgan fingerprint density at radius 2 is 1.76 bits per heavy atom. The van der Waals surface area contributed by atoms with Crippen LogP contribution in [0.25, 0.3) is 22.4 Å². The zero-order valence-electron chi connectivity index (χ0n) is 11.3. The summed E-state index contributed by atoms with van der Waals surface area (Å²) >= 11 is 10.1. The predicted molar refractivity (Wildman–Crippen MR) is 91.7 cm³/mol. The fourth-order valence-corrected chi connectivity index (χ4v) is 3.62. The highest BCUT2D eigenvalue weighted by molar-refractivity contribution is 9.10. The van der Waals surface area contributed by atoms with Gasteiger partial charge in [-0.2, -0.15) is 0 Å². The van der Waals surface area contributed by atoms with Gasteiger partial charge in [0, 0.05) is 10.7 Å². The minimum Gasteiger partial charge on any atom is -0.301 e. The number of benzene rings is 2. The van der Waals surface area contributed by atoms with E-state index in [0.29, 0.717) is 0 Å². The lowest BCUT2D eigenvalue weighted by molar-refractivity contribution is 1.13. The number of aromatic nitrogens is 2. The minimum absolute atomic E-state index is 0.727. The smallest absolute Gasteiger partial charge is 0.122 e. The van der Waals surface area contributed by atoms with Crippen molar-refractivity contribution in [3.63, 3.8) is 0 Å². The van der Waals surface area contributed by atoms with Crippen LogP contribution in [0.2, 0.25) is 5.02 Å². The Hall–Kier alpha value is -1.71. The van der Waals surface area contributed by atoms with Crippen molar-refractivity contribution in [3.8, 4) is 5.69 Å². The normalized spacial score (nSPS) is 11.6. The SMILES string of the molecule is Cc1cc(Br)c(Cl)c(-n2c3ccccc3n3cccc23)c1. The van der Waals surface area contributed by atoms with Gasteiger partial charge in [-0.15, -0.1) is 0 Å². The molecule has 21 heavy (non-hydrogen) atoms. The average molecular weight is 360 g/mol. The first-order chi connectivity index (χ1) is 10.2. The van der Waals surface area contributed by atoms with E-state index in [0.717, 1.165) is 26.3 Å². The van der Waals surface area contributed by atoms with Gasteiger partial charge in [-0.25, -0.2) is 0 Å². The van der Waals surface area contributed by atoms with E-state index in [-0.39, 0.29) is 0 Å². The number of imidazole rings is 1. The molecular formula is C17H12BrClN2. The molecule has 0 unspecified atom stereocenters. The summed E-state index contributed by atoms with van der Waals surface area (Å²) in [4.78, 5) is 0. The Bertz CT molecular complexity index is 981. The summed E-state index contributed by atoms with van der Waals surface area (Å²) in [6.45, 7) is 2.08. The number of aryl methyl sites for hydroxylation is 1. The second-order valence-electron chi connectivity index (χ2n) is 5.14. The first-order valence-electron chi connectivity index (χ1n) is 6.69. The van der Waals surface area contributed by atoms with Crippen LogP contribution in [0.3, 0.4) is 0 Å². The first-order valence-corrected chi connectivity index (χ1v) is 7.86. The summed E-state index contributed by atoms with van der Waals surface area (Å²) in [7, 11) is 0. The van der Waals surface area contributed by atoms with Crippen molar-refractivity contribution in [1.82, 2.24) is 8.97 Å². The van der Waals surface area contributed by atoms with Crippen molar-refractivity contribution >= 4 is 44.2 Å². The molecule has 0 N–H and O–H groups in total. The van der Waals surface area contributed by atoms with Gasteiger partial charge in [-0.05, 0) is 64.8 Å². The summed E-state index contributed by atoms with van der Waals surface area (Å²) in [6.07, 6.45) is 2.08. The summed E-state index contributed by atoms with van der Waals surface area (Å²) < 4.78 is 5.30. The quantitative estimate of drug-likeness (QED) is 0.418. The van der Waals surface area contributed by atoms with Gasteiger partial charge in [0.1, 0.15) is 5.65 Å². The van der Waals surface area contributed by atoms with Gasteiger partial charge in [0.15, 0.2) is 0 Å². The van der Waals surface area contributed by atoms with E-state index in [2.05, 4.69) is 80.5 Å². The van der Waals surface area contributed by atoms with E-state index < -0.39 is 0 Å². The number of hydrogen-bond donors (Lipinski definition) is 0. The molecule has 0 radical (unpaired) electrons.